The van der Waals surface area contributed by atoms with Crippen LogP contribution in [0.1, 0.15) is 52.1 Å². The molecule has 1 aromatic carbocycles. The number of ether oxygens (including phenoxy) is 1. The highest BCUT2D eigenvalue weighted by molar-refractivity contribution is 6.06. The summed E-state index contributed by atoms with van der Waals surface area (Å²) in [6, 6.07) is 11.1. The number of nitrogens with one attached hydrogen (secondary N) is 2. The van der Waals surface area contributed by atoms with E-state index in [1.807, 2.05) is 24.3 Å². The van der Waals surface area contributed by atoms with Crippen LogP contribution in [0.3, 0.4) is 0 Å². The van der Waals surface area contributed by atoms with E-state index in [2.05, 4.69) is 29.6 Å². The van der Waals surface area contributed by atoms with Gasteiger partial charge in [-0.1, -0.05) is 26.0 Å². The van der Waals surface area contributed by atoms with Gasteiger partial charge in [-0.15, -0.1) is 0 Å². The van der Waals surface area contributed by atoms with E-state index < -0.39 is 11.8 Å². The molecule has 0 unspecified atom stereocenters. The first-order valence-corrected chi connectivity index (χ1v) is 9.26. The number of anilines is 1. The summed E-state index contributed by atoms with van der Waals surface area (Å²) in [5.41, 5.74) is 1.67. The molecule has 152 valence electrons. The number of hydrogen-bond donors (Lipinski definition) is 2. The lowest BCUT2D eigenvalue weighted by atomic mass is 10.0. The zero-order chi connectivity index (χ0) is 21.0. The number of furan rings is 1. The summed E-state index contributed by atoms with van der Waals surface area (Å²) in [5.74, 6) is 0.946. The lowest BCUT2D eigenvalue weighted by Crippen LogP contribution is -2.21. The Morgan fingerprint density at radius 2 is 1.86 bits per heavy atom. The Morgan fingerprint density at radius 1 is 1.14 bits per heavy atom. The number of amides is 2. The molecule has 3 rings (SSSR count). The van der Waals surface area contributed by atoms with Crippen molar-refractivity contribution in [2.45, 2.75) is 26.4 Å². The van der Waals surface area contributed by atoms with Crippen LogP contribution in [0.15, 0.2) is 47.0 Å². The fraction of sp³-hybridized carbons (Fsp3) is 0.286. The molecule has 2 amide bonds. The third-order valence-electron chi connectivity index (χ3n) is 4.33. The van der Waals surface area contributed by atoms with Crippen LogP contribution in [0, 0.1) is 0 Å². The fourth-order valence-electron chi connectivity index (χ4n) is 2.73. The van der Waals surface area contributed by atoms with Gasteiger partial charge in [0.25, 0.3) is 11.8 Å². The zero-order valence-electron chi connectivity index (χ0n) is 16.9. The van der Waals surface area contributed by atoms with Gasteiger partial charge in [-0.2, -0.15) is 5.10 Å². The second-order valence-electron chi connectivity index (χ2n) is 6.88. The van der Waals surface area contributed by atoms with Crippen LogP contribution in [0.2, 0.25) is 0 Å². The minimum Gasteiger partial charge on any atom is -0.486 e. The van der Waals surface area contributed by atoms with Crippen LogP contribution >= 0.6 is 0 Å². The Labute approximate surface area is 168 Å². The predicted molar refractivity (Wildman–Crippen MR) is 108 cm³/mol. The van der Waals surface area contributed by atoms with Gasteiger partial charge in [-0.25, -0.2) is 0 Å². The number of hydrogen-bond acceptors (Lipinski definition) is 5. The first kappa shape index (κ1) is 20.2. The van der Waals surface area contributed by atoms with Gasteiger partial charge in [-0.05, 0) is 35.7 Å². The van der Waals surface area contributed by atoms with E-state index in [-0.39, 0.29) is 18.1 Å². The smallest absolute Gasteiger partial charge is 0.291 e. The Bertz CT molecular complexity index is 1000. The number of aryl methyl sites for hydroxylation is 1. The maximum atomic E-state index is 12.5. The highest BCUT2D eigenvalue weighted by Gasteiger charge is 2.19. The summed E-state index contributed by atoms with van der Waals surface area (Å²) in [6.45, 7) is 4.47. The maximum Gasteiger partial charge on any atom is 0.291 e. The Morgan fingerprint density at radius 3 is 2.52 bits per heavy atom. The van der Waals surface area contributed by atoms with Gasteiger partial charge in [0.1, 0.15) is 18.1 Å². The molecular weight excluding hydrogens is 372 g/mol. The average Bonchev–Trinajstić information content (AvgIpc) is 3.32. The van der Waals surface area contributed by atoms with Crippen molar-refractivity contribution in [1.82, 2.24) is 15.1 Å². The van der Waals surface area contributed by atoms with Crippen LogP contribution in [-0.2, 0) is 13.7 Å². The molecule has 3 aromatic rings. The fourth-order valence-corrected chi connectivity index (χ4v) is 2.73. The van der Waals surface area contributed by atoms with E-state index in [1.165, 1.54) is 17.3 Å². The molecule has 0 aliphatic carbocycles. The van der Waals surface area contributed by atoms with Gasteiger partial charge in [0, 0.05) is 20.3 Å². The van der Waals surface area contributed by atoms with Crippen molar-refractivity contribution in [3.63, 3.8) is 0 Å². The first-order valence-electron chi connectivity index (χ1n) is 9.26. The lowest BCUT2D eigenvalue weighted by Gasteiger charge is -2.08. The molecule has 0 fully saturated rings. The van der Waals surface area contributed by atoms with Crippen molar-refractivity contribution < 1.29 is 18.7 Å². The largest absolute Gasteiger partial charge is 0.486 e. The molecule has 0 saturated carbocycles. The summed E-state index contributed by atoms with van der Waals surface area (Å²) in [5, 5.41) is 9.19. The minimum absolute atomic E-state index is 0.116. The highest BCUT2D eigenvalue weighted by Crippen LogP contribution is 2.20. The number of carbonyl (C=O) groups is 2. The molecule has 0 atom stereocenters. The number of carbonyl (C=O) groups excluding carboxylic acids is 2. The van der Waals surface area contributed by atoms with E-state index in [4.69, 9.17) is 9.15 Å². The van der Waals surface area contributed by atoms with Crippen LogP contribution in [0.4, 0.5) is 5.69 Å². The number of nitrogens with zero attached hydrogens (tertiary/aromatic N) is 2. The molecule has 0 aliphatic rings. The maximum absolute atomic E-state index is 12.5. The molecule has 0 bridgehead atoms. The van der Waals surface area contributed by atoms with Gasteiger partial charge >= 0.3 is 0 Å². The quantitative estimate of drug-likeness (QED) is 0.638. The predicted octanol–water partition coefficient (Wildman–Crippen LogP) is 3.33. The van der Waals surface area contributed by atoms with E-state index in [9.17, 15) is 9.59 Å². The SMILES string of the molecule is CNC(=O)c1nn(C)cc1NC(=O)c1ccc(COc2ccc(C(C)C)cc2)o1. The number of rotatable bonds is 7. The number of benzene rings is 1. The molecule has 29 heavy (non-hydrogen) atoms. The third-order valence-corrected chi connectivity index (χ3v) is 4.33. The van der Waals surface area contributed by atoms with Crippen molar-refractivity contribution >= 4 is 17.5 Å². The molecule has 0 spiro atoms. The Kier molecular flexibility index (Phi) is 6.01. The van der Waals surface area contributed by atoms with Crippen LogP contribution in [0.25, 0.3) is 0 Å². The molecule has 0 saturated heterocycles. The van der Waals surface area contributed by atoms with Crippen LogP contribution in [0.5, 0.6) is 5.75 Å². The summed E-state index contributed by atoms with van der Waals surface area (Å²) < 4.78 is 12.7. The van der Waals surface area contributed by atoms with Crippen molar-refractivity contribution in [2.75, 3.05) is 12.4 Å². The monoisotopic (exact) mass is 396 g/mol. The van der Waals surface area contributed by atoms with Gasteiger partial charge in [0.2, 0.25) is 0 Å². The van der Waals surface area contributed by atoms with Gasteiger partial charge < -0.3 is 19.8 Å². The molecular formula is C21H24N4O4. The second kappa shape index (κ2) is 8.64. The lowest BCUT2D eigenvalue weighted by molar-refractivity contribution is 0.0958. The molecule has 0 radical (unpaired) electrons. The summed E-state index contributed by atoms with van der Waals surface area (Å²) >= 11 is 0. The van der Waals surface area contributed by atoms with Crippen molar-refractivity contribution in [3.05, 3.63) is 65.4 Å². The zero-order valence-corrected chi connectivity index (χ0v) is 16.9. The highest BCUT2D eigenvalue weighted by atomic mass is 16.5. The molecule has 2 N–H and O–H groups in total. The Hall–Kier alpha value is -3.55. The normalized spacial score (nSPS) is 10.8. The van der Waals surface area contributed by atoms with Crippen molar-refractivity contribution in [3.8, 4) is 5.75 Å². The van der Waals surface area contributed by atoms with Crippen molar-refractivity contribution in [2.24, 2.45) is 7.05 Å². The third kappa shape index (κ3) is 4.84. The Balaban J connectivity index is 1.62. The van der Waals surface area contributed by atoms with E-state index in [0.29, 0.717) is 17.4 Å². The van der Waals surface area contributed by atoms with Crippen LogP contribution < -0.4 is 15.4 Å². The topological polar surface area (TPSA) is 98.4 Å². The molecule has 0 aliphatic heterocycles. The summed E-state index contributed by atoms with van der Waals surface area (Å²) in [6.07, 6.45) is 1.55. The van der Waals surface area contributed by atoms with E-state index >= 15 is 0 Å². The van der Waals surface area contributed by atoms with E-state index in [1.54, 1.807) is 25.4 Å². The van der Waals surface area contributed by atoms with E-state index in [0.717, 1.165) is 5.75 Å². The van der Waals surface area contributed by atoms with Gasteiger partial charge in [0.15, 0.2) is 11.5 Å². The summed E-state index contributed by atoms with van der Waals surface area (Å²) in [7, 11) is 3.16. The van der Waals surface area contributed by atoms with Crippen LogP contribution in [-0.4, -0.2) is 28.6 Å². The second-order valence-corrected chi connectivity index (χ2v) is 6.88. The molecule has 8 nitrogen and oxygen atoms in total. The molecule has 8 heteroatoms. The summed E-state index contributed by atoms with van der Waals surface area (Å²) in [4.78, 5) is 24.3. The number of aromatic nitrogens is 2. The molecule has 2 heterocycles. The van der Waals surface area contributed by atoms with Crippen molar-refractivity contribution in [1.29, 1.82) is 0 Å². The standard InChI is InChI=1S/C21H24N4O4/c1-13(2)14-5-7-15(8-6-14)28-12-16-9-10-18(29-16)20(26)23-17-11-25(4)24-19(17)21(27)22-3/h5-11,13H,12H2,1-4H3,(H,22,27)(H,23,26). The van der Waals surface area contributed by atoms with Gasteiger partial charge in [-0.3, -0.25) is 14.3 Å². The minimum atomic E-state index is -0.476. The van der Waals surface area contributed by atoms with Gasteiger partial charge in [0.05, 0.1) is 5.69 Å². The molecule has 2 aromatic heterocycles. The first-order chi connectivity index (χ1) is 13.9. The average molecular weight is 396 g/mol.